The average Bonchev–Trinajstić information content (AvgIpc) is 2.14. The monoisotopic (exact) mass is 231 g/mol. The number of nitrogens with two attached hydrogens (primary N) is 1. The third kappa shape index (κ3) is 2.76. The lowest BCUT2D eigenvalue weighted by Crippen LogP contribution is -2.28. The van der Waals surface area contributed by atoms with Gasteiger partial charge < -0.3 is 5.73 Å². The summed E-state index contributed by atoms with van der Waals surface area (Å²) in [5.74, 6) is 0. The summed E-state index contributed by atoms with van der Waals surface area (Å²) in [5.41, 5.74) is 4.98. The molecule has 0 aliphatic heterocycles. The minimum absolute atomic E-state index is 0.155. The van der Waals surface area contributed by atoms with Crippen molar-refractivity contribution in [1.29, 1.82) is 0 Å². The lowest BCUT2D eigenvalue weighted by atomic mass is 9.81. The van der Waals surface area contributed by atoms with E-state index >= 15 is 0 Å². The maximum absolute atomic E-state index is 12.7. The van der Waals surface area contributed by atoms with Crippen LogP contribution in [0.15, 0.2) is 24.3 Å². The van der Waals surface area contributed by atoms with E-state index in [2.05, 4.69) is 0 Å². The molecule has 1 rings (SSSR count). The number of benzene rings is 1. The zero-order valence-electron chi connectivity index (χ0n) is 9.60. The molecule has 0 amide bonds. The zero-order valence-corrected chi connectivity index (χ0v) is 9.60. The van der Waals surface area contributed by atoms with Crippen molar-refractivity contribution in [1.82, 2.24) is 0 Å². The van der Waals surface area contributed by atoms with Gasteiger partial charge in [0.2, 0.25) is 0 Å². The van der Waals surface area contributed by atoms with Crippen LogP contribution in [0.4, 0.5) is 13.2 Å². The van der Waals surface area contributed by atoms with E-state index in [4.69, 9.17) is 5.73 Å². The fraction of sp³-hybridized carbons (Fsp3) is 0.500. The van der Waals surface area contributed by atoms with E-state index < -0.39 is 23.2 Å². The Kier molecular flexibility index (Phi) is 3.33. The van der Waals surface area contributed by atoms with Crippen molar-refractivity contribution in [2.45, 2.75) is 33.0 Å². The molecule has 0 aliphatic carbocycles. The first-order chi connectivity index (χ1) is 7.14. The van der Waals surface area contributed by atoms with Crippen LogP contribution in [0, 0.1) is 5.41 Å². The van der Waals surface area contributed by atoms with Gasteiger partial charge in [0.05, 0.1) is 5.56 Å². The predicted molar refractivity (Wildman–Crippen MR) is 57.8 cm³/mol. The summed E-state index contributed by atoms with van der Waals surface area (Å²) in [6, 6.07) is 4.84. The fourth-order valence-electron chi connectivity index (χ4n) is 1.49. The first-order valence-corrected chi connectivity index (χ1v) is 5.05. The van der Waals surface area contributed by atoms with Crippen LogP contribution in [0.3, 0.4) is 0 Å². The van der Waals surface area contributed by atoms with Gasteiger partial charge in [-0.1, -0.05) is 39.0 Å². The van der Waals surface area contributed by atoms with Crippen molar-refractivity contribution in [3.05, 3.63) is 35.4 Å². The van der Waals surface area contributed by atoms with E-state index in [9.17, 15) is 13.2 Å². The van der Waals surface area contributed by atoms with E-state index in [1.165, 1.54) is 12.1 Å². The number of halogens is 3. The molecule has 16 heavy (non-hydrogen) atoms. The van der Waals surface area contributed by atoms with Crippen LogP contribution in [0.2, 0.25) is 0 Å². The second kappa shape index (κ2) is 4.09. The van der Waals surface area contributed by atoms with Crippen LogP contribution in [0.5, 0.6) is 0 Å². The molecule has 1 aromatic rings. The number of hydrogen-bond acceptors (Lipinski definition) is 1. The Morgan fingerprint density at radius 1 is 1.06 bits per heavy atom. The zero-order chi connectivity index (χ0) is 12.6. The van der Waals surface area contributed by atoms with Crippen molar-refractivity contribution in [3.8, 4) is 0 Å². The van der Waals surface area contributed by atoms with Gasteiger partial charge in [-0.15, -0.1) is 0 Å². The Hall–Kier alpha value is -1.03. The lowest BCUT2D eigenvalue weighted by Gasteiger charge is -2.29. The maximum atomic E-state index is 12.7. The molecule has 1 aromatic carbocycles. The van der Waals surface area contributed by atoms with E-state index in [-0.39, 0.29) is 5.56 Å². The van der Waals surface area contributed by atoms with Gasteiger partial charge in [0.25, 0.3) is 0 Å². The fourth-order valence-corrected chi connectivity index (χ4v) is 1.49. The van der Waals surface area contributed by atoms with Gasteiger partial charge in [-0.05, 0) is 17.0 Å². The molecule has 0 heterocycles. The van der Waals surface area contributed by atoms with Crippen LogP contribution in [0.25, 0.3) is 0 Å². The largest absolute Gasteiger partial charge is 0.416 e. The molecule has 0 radical (unpaired) electrons. The van der Waals surface area contributed by atoms with Gasteiger partial charge in [0.15, 0.2) is 0 Å². The molecule has 0 bridgehead atoms. The molecule has 0 aliphatic rings. The Morgan fingerprint density at radius 2 is 1.56 bits per heavy atom. The van der Waals surface area contributed by atoms with Crippen LogP contribution >= 0.6 is 0 Å². The van der Waals surface area contributed by atoms with Gasteiger partial charge in [-0.2, -0.15) is 13.2 Å². The van der Waals surface area contributed by atoms with E-state index in [0.717, 1.165) is 6.07 Å². The second-order valence-corrected chi connectivity index (χ2v) is 4.93. The van der Waals surface area contributed by atoms with E-state index in [1.54, 1.807) is 6.07 Å². The second-order valence-electron chi connectivity index (χ2n) is 4.93. The van der Waals surface area contributed by atoms with Crippen LogP contribution in [-0.2, 0) is 6.18 Å². The highest BCUT2D eigenvalue weighted by molar-refractivity contribution is 5.33. The lowest BCUT2D eigenvalue weighted by molar-refractivity contribution is -0.138. The number of alkyl halides is 3. The van der Waals surface area contributed by atoms with E-state index in [0.29, 0.717) is 0 Å². The van der Waals surface area contributed by atoms with Gasteiger partial charge in [-0.25, -0.2) is 0 Å². The summed E-state index contributed by atoms with van der Waals surface area (Å²) in [5, 5.41) is 0. The average molecular weight is 231 g/mol. The third-order valence-corrected chi connectivity index (χ3v) is 2.53. The highest BCUT2D eigenvalue weighted by Gasteiger charge is 2.36. The van der Waals surface area contributed by atoms with E-state index in [1.807, 2.05) is 20.8 Å². The van der Waals surface area contributed by atoms with Gasteiger partial charge in [0.1, 0.15) is 0 Å². The molecule has 90 valence electrons. The molecule has 0 unspecified atom stereocenters. The first kappa shape index (κ1) is 13.0. The molecule has 1 nitrogen and oxygen atoms in total. The molecular formula is C12H16F3N. The molecule has 0 saturated heterocycles. The summed E-state index contributed by atoms with van der Waals surface area (Å²) in [4.78, 5) is 0. The van der Waals surface area contributed by atoms with Crippen molar-refractivity contribution in [2.75, 3.05) is 0 Å². The molecule has 0 aromatic heterocycles. The Labute approximate surface area is 93.5 Å². The Morgan fingerprint density at radius 3 is 2.00 bits per heavy atom. The van der Waals surface area contributed by atoms with Crippen molar-refractivity contribution in [2.24, 2.45) is 11.1 Å². The normalized spacial score (nSPS) is 14.9. The SMILES string of the molecule is CC(C)(C)[C@@H](N)c1ccccc1C(F)(F)F. The van der Waals surface area contributed by atoms with Crippen LogP contribution in [-0.4, -0.2) is 0 Å². The molecule has 2 N–H and O–H groups in total. The summed E-state index contributed by atoms with van der Waals surface area (Å²) in [7, 11) is 0. The van der Waals surface area contributed by atoms with Gasteiger partial charge in [0, 0.05) is 6.04 Å². The topological polar surface area (TPSA) is 26.0 Å². The minimum atomic E-state index is -4.35. The van der Waals surface area contributed by atoms with Crippen molar-refractivity contribution in [3.63, 3.8) is 0 Å². The third-order valence-electron chi connectivity index (χ3n) is 2.53. The van der Waals surface area contributed by atoms with Crippen LogP contribution in [0.1, 0.15) is 37.9 Å². The van der Waals surface area contributed by atoms with Gasteiger partial charge in [-0.3, -0.25) is 0 Å². The summed E-state index contributed by atoms with van der Waals surface area (Å²) in [6.45, 7) is 5.47. The van der Waals surface area contributed by atoms with Crippen molar-refractivity contribution >= 4 is 0 Å². The van der Waals surface area contributed by atoms with Gasteiger partial charge >= 0.3 is 6.18 Å². The quantitative estimate of drug-likeness (QED) is 0.782. The predicted octanol–water partition coefficient (Wildman–Crippen LogP) is 3.75. The highest BCUT2D eigenvalue weighted by Crippen LogP contribution is 2.38. The summed E-state index contributed by atoms with van der Waals surface area (Å²) in [6.07, 6.45) is -4.35. The first-order valence-electron chi connectivity index (χ1n) is 5.05. The smallest absolute Gasteiger partial charge is 0.324 e. The summed E-state index contributed by atoms with van der Waals surface area (Å²) >= 11 is 0. The minimum Gasteiger partial charge on any atom is -0.324 e. The molecule has 0 fully saturated rings. The standard InChI is InChI=1S/C12H16F3N/c1-11(2,3)10(16)8-6-4-5-7-9(8)12(13,14)15/h4-7,10H,16H2,1-3H3/t10-/m0/s1. The molecule has 1 atom stereocenters. The Balaban J connectivity index is 3.25. The Bertz CT molecular complexity index is 363. The molecule has 0 saturated carbocycles. The summed E-state index contributed by atoms with van der Waals surface area (Å²) < 4.78 is 38.2. The number of rotatable bonds is 1. The number of hydrogen-bond donors (Lipinski definition) is 1. The van der Waals surface area contributed by atoms with Crippen molar-refractivity contribution < 1.29 is 13.2 Å². The highest BCUT2D eigenvalue weighted by atomic mass is 19.4. The van der Waals surface area contributed by atoms with Crippen LogP contribution < -0.4 is 5.73 Å². The molecule has 0 spiro atoms. The molecule has 4 heteroatoms. The maximum Gasteiger partial charge on any atom is 0.416 e. The molecular weight excluding hydrogens is 215 g/mol.